The van der Waals surface area contributed by atoms with Gasteiger partial charge in [-0.25, -0.2) is 4.98 Å². The van der Waals surface area contributed by atoms with Crippen molar-refractivity contribution < 1.29 is 9.84 Å². The Hall–Kier alpha value is -0.780. The molecule has 0 spiro atoms. The summed E-state index contributed by atoms with van der Waals surface area (Å²) in [6, 6.07) is 4.11. The molecule has 0 fully saturated rings. The van der Waals surface area contributed by atoms with Gasteiger partial charge in [-0.15, -0.1) is 0 Å². The van der Waals surface area contributed by atoms with E-state index in [1.807, 2.05) is 18.4 Å². The highest BCUT2D eigenvalue weighted by Gasteiger charge is 2.15. The zero-order valence-corrected chi connectivity index (χ0v) is 11.3. The summed E-state index contributed by atoms with van der Waals surface area (Å²) in [5.41, 5.74) is 1.03. The molecule has 0 saturated carbocycles. The number of ether oxygens (including phenoxy) is 1. The van der Waals surface area contributed by atoms with E-state index in [4.69, 9.17) is 4.74 Å². The normalized spacial score (nSPS) is 14.4. The second-order valence-electron chi connectivity index (χ2n) is 3.80. The van der Waals surface area contributed by atoms with Gasteiger partial charge in [0, 0.05) is 29.6 Å². The lowest BCUT2D eigenvalue weighted by Gasteiger charge is -2.21. The summed E-state index contributed by atoms with van der Waals surface area (Å²) in [5, 5.41) is 12.8. The number of pyridine rings is 1. The second-order valence-corrected chi connectivity index (χ2v) is 4.88. The number of aliphatic hydroxyl groups excluding tert-OH is 1. The smallest absolute Gasteiger partial charge is 0.217 e. The SMILES string of the molecule is COc1ncccc1CNC(C)C(CO)SC. The molecule has 1 aromatic rings. The third kappa shape index (κ3) is 4.18. The van der Waals surface area contributed by atoms with Crippen LogP contribution in [0.5, 0.6) is 5.88 Å². The van der Waals surface area contributed by atoms with E-state index in [0.29, 0.717) is 12.4 Å². The van der Waals surface area contributed by atoms with Crippen molar-refractivity contribution in [3.8, 4) is 5.88 Å². The summed E-state index contributed by atoms with van der Waals surface area (Å²) in [4.78, 5) is 4.14. The van der Waals surface area contributed by atoms with Crippen LogP contribution >= 0.6 is 11.8 Å². The fourth-order valence-electron chi connectivity index (χ4n) is 1.58. The fourth-order valence-corrected chi connectivity index (χ4v) is 2.24. The molecule has 4 nitrogen and oxygen atoms in total. The number of hydrogen-bond acceptors (Lipinski definition) is 5. The molecule has 0 amide bonds. The van der Waals surface area contributed by atoms with Crippen LogP contribution in [-0.4, -0.2) is 41.4 Å². The van der Waals surface area contributed by atoms with Crippen LogP contribution in [0.4, 0.5) is 0 Å². The van der Waals surface area contributed by atoms with Crippen LogP contribution in [0.2, 0.25) is 0 Å². The molecule has 1 rings (SSSR count). The molecule has 0 aromatic carbocycles. The number of aliphatic hydroxyl groups is 1. The Balaban J connectivity index is 2.54. The summed E-state index contributed by atoms with van der Waals surface area (Å²) in [5.74, 6) is 0.650. The topological polar surface area (TPSA) is 54.4 Å². The molecule has 5 heteroatoms. The lowest BCUT2D eigenvalue weighted by molar-refractivity contribution is 0.275. The first-order valence-electron chi connectivity index (χ1n) is 5.57. The van der Waals surface area contributed by atoms with E-state index < -0.39 is 0 Å². The molecule has 0 saturated heterocycles. The van der Waals surface area contributed by atoms with Gasteiger partial charge in [0.2, 0.25) is 5.88 Å². The Morgan fingerprint density at radius 3 is 2.94 bits per heavy atom. The van der Waals surface area contributed by atoms with Gasteiger partial charge in [0.15, 0.2) is 0 Å². The molecule has 0 aliphatic rings. The summed E-state index contributed by atoms with van der Waals surface area (Å²) >= 11 is 1.66. The Bertz CT molecular complexity index is 332. The van der Waals surface area contributed by atoms with E-state index in [-0.39, 0.29) is 17.9 Å². The predicted molar refractivity (Wildman–Crippen MR) is 71.5 cm³/mol. The summed E-state index contributed by atoms with van der Waals surface area (Å²) in [7, 11) is 1.62. The van der Waals surface area contributed by atoms with E-state index in [1.54, 1.807) is 25.1 Å². The maximum absolute atomic E-state index is 9.20. The van der Waals surface area contributed by atoms with Gasteiger partial charge in [0.1, 0.15) is 0 Å². The van der Waals surface area contributed by atoms with Gasteiger partial charge in [-0.05, 0) is 19.2 Å². The molecule has 2 unspecified atom stereocenters. The highest BCUT2D eigenvalue weighted by molar-refractivity contribution is 7.99. The number of nitrogens with zero attached hydrogens (tertiary/aromatic N) is 1. The lowest BCUT2D eigenvalue weighted by Crippen LogP contribution is -2.37. The van der Waals surface area contributed by atoms with Gasteiger partial charge < -0.3 is 15.2 Å². The number of nitrogens with one attached hydrogen (secondary N) is 1. The average Bonchev–Trinajstić information content (AvgIpc) is 2.38. The molecule has 17 heavy (non-hydrogen) atoms. The molecule has 0 bridgehead atoms. The van der Waals surface area contributed by atoms with E-state index in [0.717, 1.165) is 5.56 Å². The van der Waals surface area contributed by atoms with Crippen molar-refractivity contribution in [1.82, 2.24) is 10.3 Å². The monoisotopic (exact) mass is 256 g/mol. The minimum absolute atomic E-state index is 0.180. The first-order chi connectivity index (χ1) is 8.22. The van der Waals surface area contributed by atoms with Crippen molar-refractivity contribution >= 4 is 11.8 Å². The minimum Gasteiger partial charge on any atom is -0.481 e. The highest BCUT2D eigenvalue weighted by Crippen LogP contribution is 2.15. The van der Waals surface area contributed by atoms with Crippen molar-refractivity contribution in [3.63, 3.8) is 0 Å². The Morgan fingerprint density at radius 2 is 2.35 bits per heavy atom. The van der Waals surface area contributed by atoms with Crippen LogP contribution in [0.3, 0.4) is 0 Å². The molecular formula is C12H20N2O2S. The van der Waals surface area contributed by atoms with Gasteiger partial charge in [-0.2, -0.15) is 11.8 Å². The molecule has 0 radical (unpaired) electrons. The maximum atomic E-state index is 9.20. The van der Waals surface area contributed by atoms with E-state index in [2.05, 4.69) is 17.2 Å². The molecule has 0 aliphatic carbocycles. The zero-order chi connectivity index (χ0) is 12.7. The number of thioether (sulfide) groups is 1. The highest BCUT2D eigenvalue weighted by atomic mass is 32.2. The van der Waals surface area contributed by atoms with E-state index in [1.165, 1.54) is 0 Å². The third-order valence-electron chi connectivity index (χ3n) is 2.70. The van der Waals surface area contributed by atoms with Crippen molar-refractivity contribution in [2.24, 2.45) is 0 Å². The first kappa shape index (κ1) is 14.3. The maximum Gasteiger partial charge on any atom is 0.217 e. The summed E-state index contributed by atoms with van der Waals surface area (Å²) in [6.07, 6.45) is 3.72. The van der Waals surface area contributed by atoms with Gasteiger partial charge in [-0.1, -0.05) is 6.07 Å². The lowest BCUT2D eigenvalue weighted by atomic mass is 10.2. The van der Waals surface area contributed by atoms with E-state index in [9.17, 15) is 5.11 Å². The molecule has 0 aliphatic heterocycles. The Morgan fingerprint density at radius 1 is 1.59 bits per heavy atom. The Labute approximate surface area is 107 Å². The van der Waals surface area contributed by atoms with Crippen molar-refractivity contribution in [2.75, 3.05) is 20.0 Å². The molecule has 2 N–H and O–H groups in total. The minimum atomic E-state index is 0.180. The van der Waals surface area contributed by atoms with Crippen LogP contribution < -0.4 is 10.1 Å². The number of hydrogen-bond donors (Lipinski definition) is 2. The third-order valence-corrected chi connectivity index (χ3v) is 3.86. The number of methoxy groups -OCH3 is 1. The van der Waals surface area contributed by atoms with E-state index >= 15 is 0 Å². The van der Waals surface area contributed by atoms with Crippen LogP contribution in [-0.2, 0) is 6.54 Å². The molecular weight excluding hydrogens is 236 g/mol. The summed E-state index contributed by atoms with van der Waals surface area (Å²) < 4.78 is 5.19. The van der Waals surface area contributed by atoms with Crippen molar-refractivity contribution in [2.45, 2.75) is 24.8 Å². The van der Waals surface area contributed by atoms with Crippen molar-refractivity contribution in [1.29, 1.82) is 0 Å². The predicted octanol–water partition coefficient (Wildman–Crippen LogP) is 1.29. The standard InChI is InChI=1S/C12H20N2O2S/c1-9(11(8-15)17-3)14-7-10-5-4-6-13-12(10)16-2/h4-6,9,11,14-15H,7-8H2,1-3H3. The van der Waals surface area contributed by atoms with Crippen LogP contribution in [0.25, 0.3) is 0 Å². The quantitative estimate of drug-likeness (QED) is 0.770. The molecule has 1 heterocycles. The number of rotatable bonds is 7. The molecule has 2 atom stereocenters. The first-order valence-corrected chi connectivity index (χ1v) is 6.86. The second kappa shape index (κ2) is 7.53. The fraction of sp³-hybridized carbons (Fsp3) is 0.583. The van der Waals surface area contributed by atoms with Crippen LogP contribution in [0, 0.1) is 0 Å². The Kier molecular flexibility index (Phi) is 6.32. The van der Waals surface area contributed by atoms with Crippen LogP contribution in [0.15, 0.2) is 18.3 Å². The van der Waals surface area contributed by atoms with Gasteiger partial charge in [-0.3, -0.25) is 0 Å². The van der Waals surface area contributed by atoms with Gasteiger partial charge in [0.05, 0.1) is 13.7 Å². The average molecular weight is 256 g/mol. The summed E-state index contributed by atoms with van der Waals surface area (Å²) in [6.45, 7) is 2.94. The number of aromatic nitrogens is 1. The van der Waals surface area contributed by atoms with Crippen LogP contribution in [0.1, 0.15) is 12.5 Å². The van der Waals surface area contributed by atoms with Gasteiger partial charge >= 0.3 is 0 Å². The largest absolute Gasteiger partial charge is 0.481 e. The van der Waals surface area contributed by atoms with Crippen molar-refractivity contribution in [3.05, 3.63) is 23.9 Å². The molecule has 96 valence electrons. The van der Waals surface area contributed by atoms with Gasteiger partial charge in [0.25, 0.3) is 0 Å². The molecule has 1 aromatic heterocycles. The zero-order valence-electron chi connectivity index (χ0n) is 10.5.